The van der Waals surface area contributed by atoms with Crippen LogP contribution in [0.3, 0.4) is 0 Å². The molecule has 0 aliphatic carbocycles. The highest BCUT2D eigenvalue weighted by Gasteiger charge is 2.39. The lowest BCUT2D eigenvalue weighted by Gasteiger charge is -2.59. The van der Waals surface area contributed by atoms with E-state index >= 15 is 0 Å². The van der Waals surface area contributed by atoms with E-state index in [4.69, 9.17) is 11.6 Å². The minimum atomic E-state index is -0.371. The fourth-order valence-corrected chi connectivity index (χ4v) is 3.18. The Balaban J connectivity index is 2.12. The first-order chi connectivity index (χ1) is 9.21. The van der Waals surface area contributed by atoms with E-state index in [9.17, 15) is 5.21 Å². The molecule has 0 spiro atoms. The third kappa shape index (κ3) is 3.40. The van der Waals surface area contributed by atoms with Crippen molar-refractivity contribution >= 4 is 17.8 Å². The van der Waals surface area contributed by atoms with Crippen LogP contribution in [0.2, 0.25) is 5.02 Å². The van der Waals surface area contributed by atoms with Crippen molar-refractivity contribution in [3.05, 3.63) is 40.1 Å². The van der Waals surface area contributed by atoms with Gasteiger partial charge in [0, 0.05) is 22.3 Å². The molecular formula is C16H22ClN2O-. The van der Waals surface area contributed by atoms with Crippen LogP contribution in [0.5, 0.6) is 0 Å². The topological polar surface area (TPSA) is 38.7 Å². The fraction of sp³-hybridized carbons (Fsp3) is 0.562. The number of benzene rings is 1. The Hall–Kier alpha value is -0.900. The van der Waals surface area contributed by atoms with E-state index in [0.29, 0.717) is 0 Å². The van der Waals surface area contributed by atoms with Gasteiger partial charge < -0.3 is 10.3 Å². The zero-order valence-corrected chi connectivity index (χ0v) is 13.3. The summed E-state index contributed by atoms with van der Waals surface area (Å²) >= 11 is 5.87. The van der Waals surface area contributed by atoms with Crippen molar-refractivity contribution in [1.29, 1.82) is 0 Å². The molecule has 0 amide bonds. The smallest absolute Gasteiger partial charge is 0.0534 e. The summed E-state index contributed by atoms with van der Waals surface area (Å²) in [5.74, 6) is 0. The Kier molecular flexibility index (Phi) is 4.24. The normalized spacial score (nSPS) is 23.3. The molecule has 0 radical (unpaired) electrons. The van der Waals surface area contributed by atoms with E-state index in [1.165, 1.54) is 5.06 Å². The Morgan fingerprint density at radius 1 is 1.15 bits per heavy atom. The van der Waals surface area contributed by atoms with Crippen LogP contribution in [-0.2, 0) is 0 Å². The van der Waals surface area contributed by atoms with Crippen molar-refractivity contribution in [1.82, 2.24) is 5.06 Å². The lowest BCUT2D eigenvalue weighted by atomic mass is 9.79. The van der Waals surface area contributed by atoms with Crippen molar-refractivity contribution in [3.63, 3.8) is 0 Å². The number of aliphatic imine (C=N–C) groups is 1. The first-order valence-corrected chi connectivity index (χ1v) is 7.35. The first-order valence-electron chi connectivity index (χ1n) is 6.97. The van der Waals surface area contributed by atoms with Crippen LogP contribution < -0.4 is 0 Å². The molecule has 0 bridgehead atoms. The summed E-state index contributed by atoms with van der Waals surface area (Å²) < 4.78 is 0. The third-order valence-electron chi connectivity index (χ3n) is 3.87. The highest BCUT2D eigenvalue weighted by Crippen LogP contribution is 2.38. The molecule has 0 unspecified atom stereocenters. The maximum Gasteiger partial charge on any atom is 0.0534 e. The molecule has 2 rings (SSSR count). The molecule has 1 fully saturated rings. The van der Waals surface area contributed by atoms with Gasteiger partial charge in [0.2, 0.25) is 0 Å². The first kappa shape index (κ1) is 15.5. The van der Waals surface area contributed by atoms with Gasteiger partial charge in [-0.25, -0.2) is 0 Å². The second-order valence-corrected chi connectivity index (χ2v) is 7.25. The Morgan fingerprint density at radius 2 is 1.65 bits per heavy atom. The Labute approximate surface area is 126 Å². The molecule has 1 aliphatic rings. The molecule has 1 heterocycles. The van der Waals surface area contributed by atoms with E-state index in [-0.39, 0.29) is 17.1 Å². The zero-order valence-electron chi connectivity index (χ0n) is 12.6. The molecule has 1 saturated heterocycles. The molecule has 0 aromatic heterocycles. The summed E-state index contributed by atoms with van der Waals surface area (Å²) in [6.45, 7) is 7.97. The average Bonchev–Trinajstić information content (AvgIpc) is 2.35. The standard InChI is InChI=1S/C16H22ClN2O/c1-15(2)9-14(10-16(3,4)19(15)20)18-11-12-5-7-13(17)8-6-12/h5-8,11,14H,9-10H2,1-4H3/q-1. The molecule has 110 valence electrons. The summed E-state index contributed by atoms with van der Waals surface area (Å²) in [5, 5.41) is 14.2. The van der Waals surface area contributed by atoms with E-state index in [0.717, 1.165) is 23.4 Å². The highest BCUT2D eigenvalue weighted by atomic mass is 35.5. The van der Waals surface area contributed by atoms with Crippen LogP contribution in [-0.4, -0.2) is 28.4 Å². The van der Waals surface area contributed by atoms with Gasteiger partial charge in [0.25, 0.3) is 0 Å². The van der Waals surface area contributed by atoms with E-state index in [1.807, 2.05) is 58.2 Å². The number of nitrogens with zero attached hydrogens (tertiary/aromatic N) is 2. The Morgan fingerprint density at radius 3 is 2.15 bits per heavy atom. The molecule has 1 aromatic carbocycles. The average molecular weight is 294 g/mol. The van der Waals surface area contributed by atoms with Crippen LogP contribution in [0.1, 0.15) is 46.1 Å². The van der Waals surface area contributed by atoms with Gasteiger partial charge in [-0.1, -0.05) is 23.7 Å². The van der Waals surface area contributed by atoms with Crippen molar-refractivity contribution in [2.24, 2.45) is 4.99 Å². The van der Waals surface area contributed by atoms with Crippen molar-refractivity contribution in [2.75, 3.05) is 0 Å². The summed E-state index contributed by atoms with van der Waals surface area (Å²) in [7, 11) is 0. The summed E-state index contributed by atoms with van der Waals surface area (Å²) in [6, 6.07) is 7.80. The molecule has 4 heteroatoms. The molecule has 0 atom stereocenters. The second kappa shape index (κ2) is 5.47. The highest BCUT2D eigenvalue weighted by molar-refractivity contribution is 6.30. The predicted molar refractivity (Wildman–Crippen MR) is 85.4 cm³/mol. The largest absolute Gasteiger partial charge is 0.784 e. The number of piperidine rings is 1. The van der Waals surface area contributed by atoms with Gasteiger partial charge in [-0.2, -0.15) is 0 Å². The molecule has 0 N–H and O–H groups in total. The van der Waals surface area contributed by atoms with Crippen molar-refractivity contribution < 1.29 is 0 Å². The van der Waals surface area contributed by atoms with E-state index < -0.39 is 0 Å². The maximum atomic E-state index is 12.3. The quantitative estimate of drug-likeness (QED) is 0.764. The van der Waals surface area contributed by atoms with Gasteiger partial charge in [-0.3, -0.25) is 4.99 Å². The van der Waals surface area contributed by atoms with Crippen LogP contribution in [0.4, 0.5) is 0 Å². The predicted octanol–water partition coefficient (Wildman–Crippen LogP) is 4.28. The maximum absolute atomic E-state index is 12.3. The third-order valence-corrected chi connectivity index (χ3v) is 4.13. The molecular weight excluding hydrogens is 272 g/mol. The molecule has 20 heavy (non-hydrogen) atoms. The lowest BCUT2D eigenvalue weighted by molar-refractivity contribution is 0.00993. The lowest BCUT2D eigenvalue weighted by Crippen LogP contribution is -2.58. The number of rotatable bonds is 2. The van der Waals surface area contributed by atoms with Crippen LogP contribution in [0.15, 0.2) is 29.3 Å². The van der Waals surface area contributed by atoms with Crippen LogP contribution >= 0.6 is 11.6 Å². The minimum Gasteiger partial charge on any atom is -0.784 e. The van der Waals surface area contributed by atoms with Gasteiger partial charge in [0.1, 0.15) is 0 Å². The van der Waals surface area contributed by atoms with Gasteiger partial charge in [0.05, 0.1) is 6.04 Å². The zero-order chi connectivity index (χ0) is 15.0. The second-order valence-electron chi connectivity index (χ2n) is 6.81. The van der Waals surface area contributed by atoms with Gasteiger partial charge in [-0.05, 0) is 58.2 Å². The van der Waals surface area contributed by atoms with Crippen LogP contribution in [0, 0.1) is 5.21 Å². The molecule has 1 aliphatic heterocycles. The van der Waals surface area contributed by atoms with Gasteiger partial charge >= 0.3 is 0 Å². The van der Waals surface area contributed by atoms with E-state index in [1.54, 1.807) is 0 Å². The van der Waals surface area contributed by atoms with Crippen molar-refractivity contribution in [2.45, 2.75) is 57.7 Å². The number of hydrogen-bond acceptors (Lipinski definition) is 3. The molecule has 3 nitrogen and oxygen atoms in total. The molecule has 0 saturated carbocycles. The van der Waals surface area contributed by atoms with Crippen molar-refractivity contribution in [3.8, 4) is 0 Å². The van der Waals surface area contributed by atoms with Gasteiger partial charge in [-0.15, -0.1) is 0 Å². The SMILES string of the molecule is CC1(C)CC(N=Cc2ccc(Cl)cc2)CC(C)(C)N1[O-]. The summed E-state index contributed by atoms with van der Waals surface area (Å²) in [5.41, 5.74) is 0.294. The minimum absolute atomic E-state index is 0.181. The number of hydroxylamine groups is 2. The van der Waals surface area contributed by atoms with E-state index in [2.05, 4.69) is 4.99 Å². The summed E-state index contributed by atoms with van der Waals surface area (Å²) in [4.78, 5) is 4.68. The Bertz CT molecular complexity index is 476. The van der Waals surface area contributed by atoms with Gasteiger partial charge in [0.15, 0.2) is 0 Å². The summed E-state index contributed by atoms with van der Waals surface area (Å²) in [6.07, 6.45) is 3.45. The fourth-order valence-electron chi connectivity index (χ4n) is 3.06. The number of hydrogen-bond donors (Lipinski definition) is 0. The monoisotopic (exact) mass is 293 g/mol. The van der Waals surface area contributed by atoms with Crippen LogP contribution in [0.25, 0.3) is 0 Å². The molecule has 1 aromatic rings. The number of halogens is 1.